The van der Waals surface area contributed by atoms with Crippen molar-refractivity contribution in [2.45, 2.75) is 20.0 Å². The first-order chi connectivity index (χ1) is 7.04. The van der Waals surface area contributed by atoms with E-state index < -0.39 is 6.10 Å². The molecule has 0 aliphatic heterocycles. The Hall–Kier alpha value is -1.26. The van der Waals surface area contributed by atoms with Crippen LogP contribution in [0.25, 0.3) is 0 Å². The summed E-state index contributed by atoms with van der Waals surface area (Å²) in [5, 5.41) is 27.2. The molecule has 4 nitrogen and oxygen atoms in total. The largest absolute Gasteiger partial charge is 0.507 e. The molecule has 15 heavy (non-hydrogen) atoms. The summed E-state index contributed by atoms with van der Waals surface area (Å²) >= 11 is 0. The average molecular weight is 212 g/mol. The summed E-state index contributed by atoms with van der Waals surface area (Å²) in [7, 11) is 0. The molecule has 0 saturated carbocycles. The van der Waals surface area contributed by atoms with E-state index in [0.717, 1.165) is 11.1 Å². The number of hydrogen-bond acceptors (Lipinski definition) is 4. The lowest BCUT2D eigenvalue weighted by atomic mass is 10.1. The highest BCUT2D eigenvalue weighted by molar-refractivity contribution is 5.44. The van der Waals surface area contributed by atoms with Crippen LogP contribution in [0.5, 0.6) is 11.5 Å². The van der Waals surface area contributed by atoms with E-state index in [9.17, 15) is 5.11 Å². The molecule has 3 N–H and O–H groups in total. The lowest BCUT2D eigenvalue weighted by Gasteiger charge is -2.12. The topological polar surface area (TPSA) is 69.9 Å². The van der Waals surface area contributed by atoms with Crippen molar-refractivity contribution in [3.63, 3.8) is 0 Å². The van der Waals surface area contributed by atoms with Gasteiger partial charge in [0.1, 0.15) is 24.2 Å². The van der Waals surface area contributed by atoms with E-state index in [1.807, 2.05) is 0 Å². The molecule has 0 spiro atoms. The maximum absolute atomic E-state index is 9.51. The summed E-state index contributed by atoms with van der Waals surface area (Å²) in [6, 6.07) is 3.37. The van der Waals surface area contributed by atoms with Crippen LogP contribution in [0.3, 0.4) is 0 Å². The van der Waals surface area contributed by atoms with Crippen LogP contribution in [0, 0.1) is 13.8 Å². The number of aliphatic hydroxyl groups is 2. The highest BCUT2D eigenvalue weighted by Gasteiger charge is 2.06. The number of benzene rings is 1. The molecule has 0 aromatic heterocycles. The van der Waals surface area contributed by atoms with E-state index >= 15 is 0 Å². The molecular formula is C11H16O4. The van der Waals surface area contributed by atoms with Crippen molar-refractivity contribution in [1.29, 1.82) is 0 Å². The zero-order valence-corrected chi connectivity index (χ0v) is 8.90. The first-order valence-corrected chi connectivity index (χ1v) is 4.76. The predicted octanol–water partition coefficient (Wildman–Crippen LogP) is 0.741. The normalized spacial score (nSPS) is 12.5. The van der Waals surface area contributed by atoms with Gasteiger partial charge >= 0.3 is 0 Å². The number of aromatic hydroxyl groups is 1. The summed E-state index contributed by atoms with van der Waals surface area (Å²) in [6.45, 7) is 3.27. The second kappa shape index (κ2) is 5.00. The number of rotatable bonds is 4. The third-order valence-electron chi connectivity index (χ3n) is 2.12. The lowest BCUT2D eigenvalue weighted by molar-refractivity contribution is 0.0535. The van der Waals surface area contributed by atoms with Crippen molar-refractivity contribution in [2.24, 2.45) is 0 Å². The van der Waals surface area contributed by atoms with Crippen LogP contribution in [0.2, 0.25) is 0 Å². The second-order valence-electron chi connectivity index (χ2n) is 3.55. The molecule has 0 amide bonds. The minimum atomic E-state index is -0.876. The number of aliphatic hydroxyl groups excluding tert-OH is 2. The van der Waals surface area contributed by atoms with Crippen molar-refractivity contribution < 1.29 is 20.1 Å². The van der Waals surface area contributed by atoms with Gasteiger partial charge in [-0.1, -0.05) is 0 Å². The molecule has 0 bridgehead atoms. The molecule has 1 rings (SSSR count). The number of aryl methyl sites for hydroxylation is 2. The summed E-state index contributed by atoms with van der Waals surface area (Å²) in [5.74, 6) is 0.834. The van der Waals surface area contributed by atoms with Crippen LogP contribution in [-0.4, -0.2) is 34.6 Å². The van der Waals surface area contributed by atoms with E-state index in [4.69, 9.17) is 14.9 Å². The fraction of sp³-hybridized carbons (Fsp3) is 0.455. The van der Waals surface area contributed by atoms with E-state index in [1.54, 1.807) is 26.0 Å². The van der Waals surface area contributed by atoms with Crippen molar-refractivity contribution in [3.8, 4) is 11.5 Å². The standard InChI is InChI=1S/C11H16O4/c1-7-3-10(4-8(2)11(7)14)15-6-9(13)5-12/h3-4,9,12-14H,5-6H2,1-2H3. The monoisotopic (exact) mass is 212 g/mol. The fourth-order valence-electron chi connectivity index (χ4n) is 1.24. The van der Waals surface area contributed by atoms with Gasteiger partial charge in [0, 0.05) is 0 Å². The predicted molar refractivity (Wildman–Crippen MR) is 56.2 cm³/mol. The smallest absolute Gasteiger partial charge is 0.121 e. The summed E-state index contributed by atoms with van der Waals surface area (Å²) < 4.78 is 5.25. The Morgan fingerprint density at radius 1 is 1.27 bits per heavy atom. The summed E-state index contributed by atoms with van der Waals surface area (Å²) in [6.07, 6.45) is -0.876. The van der Waals surface area contributed by atoms with Gasteiger partial charge in [-0.15, -0.1) is 0 Å². The average Bonchev–Trinajstić information content (AvgIpc) is 2.22. The molecule has 0 heterocycles. The Balaban J connectivity index is 2.70. The molecular weight excluding hydrogens is 196 g/mol. The van der Waals surface area contributed by atoms with Crippen molar-refractivity contribution in [3.05, 3.63) is 23.3 Å². The highest BCUT2D eigenvalue weighted by Crippen LogP contribution is 2.26. The summed E-state index contributed by atoms with van der Waals surface area (Å²) in [5.41, 5.74) is 1.45. The Bertz CT molecular complexity index is 312. The SMILES string of the molecule is Cc1cc(OCC(O)CO)cc(C)c1O. The minimum absolute atomic E-state index is 0.0418. The quantitative estimate of drug-likeness (QED) is 0.688. The van der Waals surface area contributed by atoms with Gasteiger partial charge in [0.2, 0.25) is 0 Å². The lowest BCUT2D eigenvalue weighted by Crippen LogP contribution is -2.21. The Morgan fingerprint density at radius 2 is 1.80 bits per heavy atom. The summed E-state index contributed by atoms with van der Waals surface area (Å²) in [4.78, 5) is 0. The van der Waals surface area contributed by atoms with Gasteiger partial charge in [-0.2, -0.15) is 0 Å². The first kappa shape index (κ1) is 11.8. The van der Waals surface area contributed by atoms with Gasteiger partial charge in [0.25, 0.3) is 0 Å². The van der Waals surface area contributed by atoms with Crippen LogP contribution in [-0.2, 0) is 0 Å². The Kier molecular flexibility index (Phi) is 3.94. The molecule has 4 heteroatoms. The molecule has 0 fully saturated rings. The van der Waals surface area contributed by atoms with E-state index in [0.29, 0.717) is 5.75 Å². The maximum Gasteiger partial charge on any atom is 0.121 e. The van der Waals surface area contributed by atoms with Crippen LogP contribution >= 0.6 is 0 Å². The zero-order valence-electron chi connectivity index (χ0n) is 8.90. The van der Waals surface area contributed by atoms with Gasteiger partial charge in [0.05, 0.1) is 6.61 Å². The third-order valence-corrected chi connectivity index (χ3v) is 2.12. The van der Waals surface area contributed by atoms with Gasteiger partial charge in [0.15, 0.2) is 0 Å². The Morgan fingerprint density at radius 3 is 2.27 bits per heavy atom. The number of ether oxygens (including phenoxy) is 1. The Labute approximate surface area is 88.8 Å². The first-order valence-electron chi connectivity index (χ1n) is 4.76. The molecule has 1 aromatic carbocycles. The highest BCUT2D eigenvalue weighted by atomic mass is 16.5. The molecule has 0 aliphatic carbocycles. The minimum Gasteiger partial charge on any atom is -0.507 e. The molecule has 1 atom stereocenters. The number of phenols is 1. The van der Waals surface area contributed by atoms with Gasteiger partial charge in [-0.25, -0.2) is 0 Å². The molecule has 1 unspecified atom stereocenters. The van der Waals surface area contributed by atoms with Crippen LogP contribution in [0.15, 0.2) is 12.1 Å². The van der Waals surface area contributed by atoms with E-state index in [2.05, 4.69) is 0 Å². The zero-order chi connectivity index (χ0) is 11.4. The molecule has 0 saturated heterocycles. The van der Waals surface area contributed by atoms with Gasteiger partial charge in [-0.05, 0) is 37.1 Å². The van der Waals surface area contributed by atoms with Crippen molar-refractivity contribution in [2.75, 3.05) is 13.2 Å². The van der Waals surface area contributed by atoms with Gasteiger partial charge < -0.3 is 20.1 Å². The second-order valence-corrected chi connectivity index (χ2v) is 3.55. The molecule has 84 valence electrons. The molecule has 1 aromatic rings. The van der Waals surface area contributed by atoms with Crippen LogP contribution in [0.1, 0.15) is 11.1 Å². The van der Waals surface area contributed by atoms with Crippen molar-refractivity contribution in [1.82, 2.24) is 0 Å². The van der Waals surface area contributed by atoms with Crippen LogP contribution < -0.4 is 4.74 Å². The van der Waals surface area contributed by atoms with E-state index in [1.165, 1.54) is 0 Å². The van der Waals surface area contributed by atoms with Gasteiger partial charge in [-0.3, -0.25) is 0 Å². The molecule has 0 radical (unpaired) electrons. The van der Waals surface area contributed by atoms with Crippen LogP contribution in [0.4, 0.5) is 0 Å². The number of phenolic OH excluding ortho intramolecular Hbond substituents is 1. The number of hydrogen-bond donors (Lipinski definition) is 3. The van der Waals surface area contributed by atoms with E-state index in [-0.39, 0.29) is 19.0 Å². The maximum atomic E-state index is 9.51. The molecule has 0 aliphatic rings. The van der Waals surface area contributed by atoms with Crippen molar-refractivity contribution >= 4 is 0 Å². The third kappa shape index (κ3) is 3.11. The fourth-order valence-corrected chi connectivity index (χ4v) is 1.24.